The standard InChI is InChI=1S/C22H26FN3O/c1-15-3-2-4-18(11-15)24-22(27)25-19-12-20-9-10-21(13-19)26(20)14-16-5-7-17(23)8-6-16/h2-8,11,19-21H,9-10,12-14H2,1H3,(H2,24,25,27)/p+1/t19?,20-,21+. The molecular formula is C22H27FN3O+. The monoisotopic (exact) mass is 368 g/mol. The molecule has 4 nitrogen and oxygen atoms in total. The maximum absolute atomic E-state index is 13.1. The maximum atomic E-state index is 13.1. The molecule has 2 fully saturated rings. The molecule has 5 heteroatoms. The number of hydrogen-bond acceptors (Lipinski definition) is 1. The molecule has 4 rings (SSSR count). The van der Waals surface area contributed by atoms with E-state index in [1.54, 1.807) is 17.0 Å². The SMILES string of the molecule is Cc1cccc(NC(=O)NC2C[C@H]3CC[C@@H](C2)[NH+]3Cc2ccc(F)cc2)c1. The highest BCUT2D eigenvalue weighted by molar-refractivity contribution is 5.89. The number of amides is 2. The van der Waals surface area contributed by atoms with E-state index in [0.717, 1.165) is 30.6 Å². The van der Waals surface area contributed by atoms with E-state index < -0.39 is 0 Å². The Balaban J connectivity index is 1.33. The van der Waals surface area contributed by atoms with Crippen molar-refractivity contribution in [2.75, 3.05) is 5.32 Å². The number of hydrogen-bond donors (Lipinski definition) is 3. The van der Waals surface area contributed by atoms with Crippen LogP contribution < -0.4 is 15.5 Å². The van der Waals surface area contributed by atoms with Crippen LogP contribution in [0.15, 0.2) is 48.5 Å². The smallest absolute Gasteiger partial charge is 0.319 e. The van der Waals surface area contributed by atoms with Crippen LogP contribution in [0.25, 0.3) is 0 Å². The number of urea groups is 1. The van der Waals surface area contributed by atoms with Crippen molar-refractivity contribution in [3.8, 4) is 0 Å². The second kappa shape index (κ2) is 7.69. The number of piperidine rings is 1. The van der Waals surface area contributed by atoms with Crippen molar-refractivity contribution in [2.24, 2.45) is 0 Å². The summed E-state index contributed by atoms with van der Waals surface area (Å²) in [4.78, 5) is 14.0. The molecular weight excluding hydrogens is 341 g/mol. The van der Waals surface area contributed by atoms with Gasteiger partial charge in [-0.15, -0.1) is 0 Å². The number of carbonyl (C=O) groups excluding carboxylic acids is 1. The highest BCUT2D eigenvalue weighted by Crippen LogP contribution is 2.24. The molecule has 0 aliphatic carbocycles. The van der Waals surface area contributed by atoms with Crippen LogP contribution in [0, 0.1) is 12.7 Å². The molecule has 2 aliphatic heterocycles. The van der Waals surface area contributed by atoms with Crippen LogP contribution in [0.1, 0.15) is 36.8 Å². The van der Waals surface area contributed by atoms with Gasteiger partial charge in [-0.2, -0.15) is 0 Å². The Labute approximate surface area is 159 Å². The summed E-state index contributed by atoms with van der Waals surface area (Å²) in [5, 5.41) is 6.11. The first-order chi connectivity index (χ1) is 13.1. The molecule has 0 radical (unpaired) electrons. The van der Waals surface area contributed by atoms with Crippen molar-refractivity contribution in [2.45, 2.75) is 57.3 Å². The average Bonchev–Trinajstić information content (AvgIpc) is 2.86. The molecule has 2 heterocycles. The number of nitrogens with one attached hydrogen (secondary N) is 3. The third-order valence-corrected chi connectivity index (χ3v) is 5.98. The summed E-state index contributed by atoms with van der Waals surface area (Å²) < 4.78 is 13.1. The molecule has 2 aliphatic rings. The Morgan fingerprint density at radius 1 is 1.11 bits per heavy atom. The minimum Gasteiger partial charge on any atom is -0.335 e. The van der Waals surface area contributed by atoms with Gasteiger partial charge in [0.1, 0.15) is 12.4 Å². The molecule has 2 amide bonds. The predicted octanol–water partition coefficient (Wildman–Crippen LogP) is 3.03. The largest absolute Gasteiger partial charge is 0.335 e. The molecule has 0 aromatic heterocycles. The van der Waals surface area contributed by atoms with Crippen molar-refractivity contribution in [3.63, 3.8) is 0 Å². The fraction of sp³-hybridized carbons (Fsp3) is 0.409. The van der Waals surface area contributed by atoms with Gasteiger partial charge in [-0.1, -0.05) is 24.3 Å². The predicted molar refractivity (Wildman–Crippen MR) is 104 cm³/mol. The van der Waals surface area contributed by atoms with Crippen molar-refractivity contribution in [1.82, 2.24) is 5.32 Å². The van der Waals surface area contributed by atoms with E-state index in [2.05, 4.69) is 10.6 Å². The van der Waals surface area contributed by atoms with E-state index in [1.165, 1.54) is 18.4 Å². The maximum Gasteiger partial charge on any atom is 0.319 e. The molecule has 0 saturated carbocycles. The van der Waals surface area contributed by atoms with Crippen molar-refractivity contribution < 1.29 is 14.1 Å². The van der Waals surface area contributed by atoms with Crippen LogP contribution in [-0.4, -0.2) is 24.2 Å². The normalized spacial score (nSPS) is 26.6. The van der Waals surface area contributed by atoms with Crippen molar-refractivity contribution >= 4 is 11.7 Å². The summed E-state index contributed by atoms with van der Waals surface area (Å²) in [6.07, 6.45) is 4.43. The number of quaternary nitrogens is 1. The molecule has 2 saturated heterocycles. The van der Waals surface area contributed by atoms with Crippen LogP contribution in [0.3, 0.4) is 0 Å². The van der Waals surface area contributed by atoms with Gasteiger partial charge in [0.25, 0.3) is 0 Å². The first-order valence-corrected chi connectivity index (χ1v) is 9.81. The molecule has 3 N–H and O–H groups in total. The fourth-order valence-electron chi connectivity index (χ4n) is 4.75. The zero-order valence-electron chi connectivity index (χ0n) is 15.7. The number of carbonyl (C=O) groups is 1. The zero-order valence-corrected chi connectivity index (χ0v) is 15.7. The van der Waals surface area contributed by atoms with Crippen molar-refractivity contribution in [1.29, 1.82) is 0 Å². The van der Waals surface area contributed by atoms with Gasteiger partial charge in [0, 0.05) is 43.0 Å². The van der Waals surface area contributed by atoms with Gasteiger partial charge in [-0.05, 0) is 36.8 Å². The summed E-state index contributed by atoms with van der Waals surface area (Å²) >= 11 is 0. The second-order valence-corrected chi connectivity index (χ2v) is 7.99. The number of aryl methyl sites for hydroxylation is 1. The summed E-state index contributed by atoms with van der Waals surface area (Å²) in [6.45, 7) is 2.96. The minimum absolute atomic E-state index is 0.119. The first kappa shape index (κ1) is 18.0. The van der Waals surface area contributed by atoms with Crippen LogP contribution in [-0.2, 0) is 6.54 Å². The van der Waals surface area contributed by atoms with E-state index in [0.29, 0.717) is 12.1 Å². The summed E-state index contributed by atoms with van der Waals surface area (Å²) in [5.41, 5.74) is 3.14. The lowest BCUT2D eigenvalue weighted by Gasteiger charge is -2.36. The van der Waals surface area contributed by atoms with E-state index >= 15 is 0 Å². The van der Waals surface area contributed by atoms with E-state index in [1.807, 2.05) is 43.3 Å². The number of halogens is 1. The molecule has 0 spiro atoms. The fourth-order valence-corrected chi connectivity index (χ4v) is 4.75. The third kappa shape index (κ3) is 4.30. The molecule has 2 unspecified atom stereocenters. The van der Waals surface area contributed by atoms with Crippen LogP contribution >= 0.6 is 0 Å². The molecule has 4 atom stereocenters. The van der Waals surface area contributed by atoms with Gasteiger partial charge in [0.05, 0.1) is 12.1 Å². The van der Waals surface area contributed by atoms with Gasteiger partial charge >= 0.3 is 6.03 Å². The first-order valence-electron chi connectivity index (χ1n) is 9.81. The number of fused-ring (bicyclic) bond motifs is 2. The summed E-state index contributed by atoms with van der Waals surface area (Å²) in [5.74, 6) is -0.181. The van der Waals surface area contributed by atoms with Gasteiger partial charge < -0.3 is 15.5 Å². The third-order valence-electron chi connectivity index (χ3n) is 5.98. The second-order valence-electron chi connectivity index (χ2n) is 7.99. The Bertz CT molecular complexity index is 793. The van der Waals surface area contributed by atoms with E-state index in [9.17, 15) is 9.18 Å². The van der Waals surface area contributed by atoms with Gasteiger partial charge in [0.15, 0.2) is 0 Å². The van der Waals surface area contributed by atoms with Gasteiger partial charge in [0.2, 0.25) is 0 Å². The topological polar surface area (TPSA) is 45.6 Å². The molecule has 27 heavy (non-hydrogen) atoms. The highest BCUT2D eigenvalue weighted by atomic mass is 19.1. The lowest BCUT2D eigenvalue weighted by atomic mass is 9.96. The lowest BCUT2D eigenvalue weighted by molar-refractivity contribution is -0.954. The van der Waals surface area contributed by atoms with Crippen LogP contribution in [0.2, 0.25) is 0 Å². The minimum atomic E-state index is -0.181. The van der Waals surface area contributed by atoms with Gasteiger partial charge in [-0.3, -0.25) is 0 Å². The molecule has 142 valence electrons. The van der Waals surface area contributed by atoms with Crippen LogP contribution in [0.4, 0.5) is 14.9 Å². The summed E-state index contributed by atoms with van der Waals surface area (Å²) in [7, 11) is 0. The van der Waals surface area contributed by atoms with Crippen LogP contribution in [0.5, 0.6) is 0 Å². The average molecular weight is 368 g/mol. The Kier molecular flexibility index (Phi) is 5.12. The Morgan fingerprint density at radius 3 is 2.48 bits per heavy atom. The summed E-state index contributed by atoms with van der Waals surface area (Å²) in [6, 6.07) is 15.9. The quantitative estimate of drug-likeness (QED) is 0.763. The molecule has 2 aromatic rings. The molecule has 2 bridgehead atoms. The van der Waals surface area contributed by atoms with Gasteiger partial charge in [-0.25, -0.2) is 9.18 Å². The van der Waals surface area contributed by atoms with E-state index in [4.69, 9.17) is 0 Å². The Morgan fingerprint density at radius 2 is 1.81 bits per heavy atom. The number of anilines is 1. The lowest BCUT2D eigenvalue weighted by Crippen LogP contribution is -3.17. The number of benzene rings is 2. The highest BCUT2D eigenvalue weighted by Gasteiger charge is 2.44. The zero-order chi connectivity index (χ0) is 18.8. The molecule has 2 aromatic carbocycles. The van der Waals surface area contributed by atoms with E-state index in [-0.39, 0.29) is 17.9 Å². The Hall–Kier alpha value is -2.40. The number of rotatable bonds is 4. The van der Waals surface area contributed by atoms with Crippen molar-refractivity contribution in [3.05, 3.63) is 65.5 Å².